The summed E-state index contributed by atoms with van der Waals surface area (Å²) >= 11 is 0. The highest BCUT2D eigenvalue weighted by Gasteiger charge is 2.23. The van der Waals surface area contributed by atoms with Crippen LogP contribution in [0.3, 0.4) is 0 Å². The van der Waals surface area contributed by atoms with Crippen molar-refractivity contribution in [3.05, 3.63) is 47.7 Å². The number of fused-ring (bicyclic) bond motifs is 1. The first-order valence-corrected chi connectivity index (χ1v) is 5.20. The van der Waals surface area contributed by atoms with E-state index in [0.29, 0.717) is 5.57 Å². The first-order chi connectivity index (χ1) is 7.74. The summed E-state index contributed by atoms with van der Waals surface area (Å²) in [6, 6.07) is 8.02. The van der Waals surface area contributed by atoms with Crippen LogP contribution in [0.5, 0.6) is 0 Å². The predicted molar refractivity (Wildman–Crippen MR) is 60.9 cm³/mol. The van der Waals surface area contributed by atoms with E-state index < -0.39 is 0 Å². The molecule has 0 amide bonds. The molecule has 2 heterocycles. The minimum absolute atomic E-state index is 0.223. The van der Waals surface area contributed by atoms with Crippen molar-refractivity contribution < 1.29 is 9.53 Å². The van der Waals surface area contributed by atoms with Gasteiger partial charge in [-0.25, -0.2) is 4.79 Å². The number of esters is 1. The maximum Gasteiger partial charge on any atom is 0.334 e. The van der Waals surface area contributed by atoms with Crippen molar-refractivity contribution in [3.63, 3.8) is 0 Å². The first kappa shape index (κ1) is 9.21. The second-order valence-corrected chi connectivity index (χ2v) is 4.00. The Balaban J connectivity index is 2.03. The summed E-state index contributed by atoms with van der Waals surface area (Å²) in [6.07, 6.45) is 3.53. The van der Waals surface area contributed by atoms with E-state index in [1.807, 2.05) is 36.5 Å². The SMILES string of the molecule is CC1=C[C@@H](c2ccc3[nH]ccc3c2)OC1=O. The Hall–Kier alpha value is -2.03. The van der Waals surface area contributed by atoms with Gasteiger partial charge in [-0.1, -0.05) is 6.07 Å². The van der Waals surface area contributed by atoms with E-state index >= 15 is 0 Å². The molecule has 1 aromatic heterocycles. The molecule has 0 unspecified atom stereocenters. The van der Waals surface area contributed by atoms with Crippen molar-refractivity contribution in [2.75, 3.05) is 0 Å². The molecule has 0 saturated heterocycles. The molecule has 80 valence electrons. The molecule has 3 rings (SSSR count). The third-order valence-corrected chi connectivity index (χ3v) is 2.86. The number of benzene rings is 1. The average molecular weight is 213 g/mol. The molecular formula is C13H11NO2. The van der Waals surface area contributed by atoms with Gasteiger partial charge in [-0.05, 0) is 42.1 Å². The highest BCUT2D eigenvalue weighted by atomic mass is 16.5. The number of rotatable bonds is 1. The van der Waals surface area contributed by atoms with Crippen LogP contribution in [0.25, 0.3) is 10.9 Å². The molecule has 0 saturated carbocycles. The standard InChI is InChI=1S/C13H11NO2/c1-8-6-12(16-13(8)15)10-2-3-11-9(7-10)4-5-14-11/h2-7,12,14H,1H3/t12-/m0/s1. The number of ether oxygens (including phenoxy) is 1. The van der Waals surface area contributed by atoms with Crippen molar-refractivity contribution in [2.45, 2.75) is 13.0 Å². The van der Waals surface area contributed by atoms with Gasteiger partial charge in [0.05, 0.1) is 0 Å². The van der Waals surface area contributed by atoms with Gasteiger partial charge in [0.1, 0.15) is 6.10 Å². The number of H-pyrrole nitrogens is 1. The lowest BCUT2D eigenvalue weighted by atomic mass is 10.1. The monoisotopic (exact) mass is 213 g/mol. The van der Waals surface area contributed by atoms with Crippen LogP contribution < -0.4 is 0 Å². The van der Waals surface area contributed by atoms with Gasteiger partial charge in [0.15, 0.2) is 0 Å². The van der Waals surface area contributed by atoms with Gasteiger partial charge in [0, 0.05) is 17.3 Å². The topological polar surface area (TPSA) is 42.1 Å². The molecule has 3 nitrogen and oxygen atoms in total. The lowest BCUT2D eigenvalue weighted by Gasteiger charge is -2.08. The first-order valence-electron chi connectivity index (χ1n) is 5.20. The zero-order chi connectivity index (χ0) is 11.1. The fourth-order valence-electron chi connectivity index (χ4n) is 1.95. The molecular weight excluding hydrogens is 202 g/mol. The fourth-order valence-corrected chi connectivity index (χ4v) is 1.95. The molecule has 1 aliphatic rings. The summed E-state index contributed by atoms with van der Waals surface area (Å²) in [5, 5.41) is 1.13. The van der Waals surface area contributed by atoms with Crippen LogP contribution in [-0.4, -0.2) is 11.0 Å². The highest BCUT2D eigenvalue weighted by Crippen LogP contribution is 2.29. The van der Waals surface area contributed by atoms with Crippen LogP contribution in [0.4, 0.5) is 0 Å². The van der Waals surface area contributed by atoms with E-state index in [2.05, 4.69) is 4.98 Å². The molecule has 1 aromatic carbocycles. The number of aromatic nitrogens is 1. The highest BCUT2D eigenvalue weighted by molar-refractivity contribution is 5.90. The fraction of sp³-hybridized carbons (Fsp3) is 0.154. The van der Waals surface area contributed by atoms with E-state index in [9.17, 15) is 4.79 Å². The number of carbonyl (C=O) groups excluding carboxylic acids is 1. The number of hydrogen-bond donors (Lipinski definition) is 1. The number of cyclic esters (lactones) is 1. The van der Waals surface area contributed by atoms with Gasteiger partial charge in [-0.2, -0.15) is 0 Å². The summed E-state index contributed by atoms with van der Waals surface area (Å²) < 4.78 is 5.24. The van der Waals surface area contributed by atoms with Crippen molar-refractivity contribution >= 4 is 16.9 Å². The Morgan fingerprint density at radius 3 is 2.94 bits per heavy atom. The Bertz CT molecular complexity index is 595. The number of hydrogen-bond acceptors (Lipinski definition) is 2. The quantitative estimate of drug-likeness (QED) is 0.740. The molecule has 16 heavy (non-hydrogen) atoms. The van der Waals surface area contributed by atoms with Crippen LogP contribution in [0, 0.1) is 0 Å². The van der Waals surface area contributed by atoms with E-state index in [4.69, 9.17) is 4.74 Å². The van der Waals surface area contributed by atoms with Gasteiger partial charge < -0.3 is 9.72 Å². The summed E-state index contributed by atoms with van der Waals surface area (Å²) in [7, 11) is 0. The Kier molecular flexibility index (Phi) is 1.86. The van der Waals surface area contributed by atoms with Gasteiger partial charge in [0.25, 0.3) is 0 Å². The minimum Gasteiger partial charge on any atom is -0.450 e. The molecule has 3 heteroatoms. The summed E-state index contributed by atoms with van der Waals surface area (Å²) in [6.45, 7) is 1.77. The van der Waals surface area contributed by atoms with Gasteiger partial charge in [-0.3, -0.25) is 0 Å². The number of aromatic amines is 1. The third-order valence-electron chi connectivity index (χ3n) is 2.86. The maximum absolute atomic E-state index is 11.3. The van der Waals surface area contributed by atoms with Crippen molar-refractivity contribution in [1.82, 2.24) is 4.98 Å². The molecule has 0 fully saturated rings. The Morgan fingerprint density at radius 1 is 1.31 bits per heavy atom. The summed E-state index contributed by atoms with van der Waals surface area (Å²) in [5.41, 5.74) is 2.78. The van der Waals surface area contributed by atoms with Gasteiger partial charge >= 0.3 is 5.97 Å². The minimum atomic E-state index is -0.230. The molecule has 0 radical (unpaired) electrons. The van der Waals surface area contributed by atoms with E-state index in [-0.39, 0.29) is 12.1 Å². The molecule has 0 spiro atoms. The van der Waals surface area contributed by atoms with Crippen molar-refractivity contribution in [3.8, 4) is 0 Å². The lowest BCUT2D eigenvalue weighted by molar-refractivity contribution is -0.139. The average Bonchev–Trinajstić information content (AvgIpc) is 2.85. The van der Waals surface area contributed by atoms with E-state index in [1.54, 1.807) is 6.92 Å². The number of nitrogens with one attached hydrogen (secondary N) is 1. The zero-order valence-corrected chi connectivity index (χ0v) is 8.86. The summed E-state index contributed by atoms with van der Waals surface area (Å²) in [4.78, 5) is 14.4. The molecule has 0 aliphatic carbocycles. The normalized spacial score (nSPS) is 19.9. The molecule has 2 aromatic rings. The molecule has 1 N–H and O–H groups in total. The third kappa shape index (κ3) is 1.33. The molecule has 0 bridgehead atoms. The van der Waals surface area contributed by atoms with Crippen molar-refractivity contribution in [1.29, 1.82) is 0 Å². The smallest absolute Gasteiger partial charge is 0.334 e. The van der Waals surface area contributed by atoms with Crippen LogP contribution in [0.15, 0.2) is 42.1 Å². The Morgan fingerprint density at radius 2 is 2.19 bits per heavy atom. The Labute approximate surface area is 92.7 Å². The zero-order valence-electron chi connectivity index (χ0n) is 8.86. The van der Waals surface area contributed by atoms with Gasteiger partial charge in [0.2, 0.25) is 0 Å². The van der Waals surface area contributed by atoms with Crippen molar-refractivity contribution in [2.24, 2.45) is 0 Å². The predicted octanol–water partition coefficient (Wildman–Crippen LogP) is 2.71. The largest absolute Gasteiger partial charge is 0.450 e. The van der Waals surface area contributed by atoms with Crippen LogP contribution in [0.2, 0.25) is 0 Å². The number of carbonyl (C=O) groups is 1. The molecule has 1 atom stereocenters. The second-order valence-electron chi connectivity index (χ2n) is 4.00. The van der Waals surface area contributed by atoms with Crippen LogP contribution in [0.1, 0.15) is 18.6 Å². The van der Waals surface area contributed by atoms with Gasteiger partial charge in [-0.15, -0.1) is 0 Å². The van der Waals surface area contributed by atoms with E-state index in [0.717, 1.165) is 16.5 Å². The lowest BCUT2D eigenvalue weighted by Crippen LogP contribution is -2.00. The van der Waals surface area contributed by atoms with E-state index in [1.165, 1.54) is 0 Å². The maximum atomic E-state index is 11.3. The summed E-state index contributed by atoms with van der Waals surface area (Å²) in [5.74, 6) is -0.223. The molecule has 1 aliphatic heterocycles. The second kappa shape index (κ2) is 3.23. The van der Waals surface area contributed by atoms with Crippen LogP contribution >= 0.6 is 0 Å². The van der Waals surface area contributed by atoms with Crippen LogP contribution in [-0.2, 0) is 9.53 Å².